The second-order valence-electron chi connectivity index (χ2n) is 5.69. The molecule has 1 saturated heterocycles. The molecule has 0 spiro atoms. The molecule has 5 nitrogen and oxygen atoms in total. The maximum absolute atomic E-state index is 12.2. The highest BCUT2D eigenvalue weighted by molar-refractivity contribution is 6.00. The predicted octanol–water partition coefficient (Wildman–Crippen LogP) is 1.70. The van der Waals surface area contributed by atoms with Crippen molar-refractivity contribution < 1.29 is 15.0 Å². The molecule has 5 heteroatoms. The van der Waals surface area contributed by atoms with Gasteiger partial charge >= 0.3 is 0 Å². The maximum atomic E-state index is 12.2. The maximum Gasteiger partial charge on any atom is 0.180 e. The van der Waals surface area contributed by atoms with Crippen molar-refractivity contribution in [2.45, 2.75) is 26.3 Å². The van der Waals surface area contributed by atoms with E-state index in [1.165, 1.54) is 18.2 Å². The van der Waals surface area contributed by atoms with Crippen molar-refractivity contribution >= 4 is 5.78 Å². The third kappa shape index (κ3) is 3.95. The highest BCUT2D eigenvalue weighted by Gasteiger charge is 2.22. The van der Waals surface area contributed by atoms with Gasteiger partial charge in [0, 0.05) is 38.3 Å². The Hall–Kier alpha value is -1.59. The van der Waals surface area contributed by atoms with E-state index >= 15 is 0 Å². The number of aromatic hydroxyl groups is 2. The molecule has 1 heterocycles. The molecule has 1 aromatic rings. The van der Waals surface area contributed by atoms with Gasteiger partial charge in [-0.25, -0.2) is 0 Å². The molecule has 2 N–H and O–H groups in total. The molecule has 21 heavy (non-hydrogen) atoms. The van der Waals surface area contributed by atoms with E-state index in [4.69, 9.17) is 0 Å². The van der Waals surface area contributed by atoms with Crippen LogP contribution in [0.4, 0.5) is 0 Å². The van der Waals surface area contributed by atoms with E-state index in [1.54, 1.807) is 0 Å². The van der Waals surface area contributed by atoms with Crippen LogP contribution in [-0.2, 0) is 0 Å². The molecule has 0 bridgehead atoms. The molecule has 1 aliphatic rings. The van der Waals surface area contributed by atoms with Crippen LogP contribution in [-0.4, -0.2) is 64.6 Å². The number of ketones is 1. The molecule has 116 valence electrons. The summed E-state index contributed by atoms with van der Waals surface area (Å²) in [5.74, 6) is -0.297. The lowest BCUT2D eigenvalue weighted by atomic mass is 10.1. The highest BCUT2D eigenvalue weighted by Crippen LogP contribution is 2.23. The lowest BCUT2D eigenvalue weighted by molar-refractivity contribution is 0.0782. The van der Waals surface area contributed by atoms with Crippen molar-refractivity contribution in [1.82, 2.24) is 9.80 Å². The number of carbonyl (C=O) groups excluding carboxylic acids is 1. The summed E-state index contributed by atoms with van der Waals surface area (Å²) in [5.41, 5.74) is 0.275. The topological polar surface area (TPSA) is 64.0 Å². The largest absolute Gasteiger partial charge is 0.508 e. The third-order valence-electron chi connectivity index (χ3n) is 4.27. The number of benzene rings is 1. The molecule has 1 fully saturated rings. The molecular formula is C16H24N2O3. The summed E-state index contributed by atoms with van der Waals surface area (Å²) in [6.07, 6.45) is 1.14. The van der Waals surface area contributed by atoms with Crippen molar-refractivity contribution in [2.75, 3.05) is 32.7 Å². The Morgan fingerprint density at radius 2 is 1.90 bits per heavy atom. The monoisotopic (exact) mass is 292 g/mol. The number of phenolic OH excluding ortho intramolecular Hbond substituents is 2. The minimum atomic E-state index is -0.154. The van der Waals surface area contributed by atoms with E-state index in [0.717, 1.165) is 32.6 Å². The SMILES string of the molecule is CCC(C)N1CCN(CC(=O)c2ccc(O)cc2O)CC1. The zero-order valence-electron chi connectivity index (χ0n) is 12.7. The molecule has 0 radical (unpaired) electrons. The average molecular weight is 292 g/mol. The van der Waals surface area contributed by atoms with Crippen LogP contribution in [0.15, 0.2) is 18.2 Å². The summed E-state index contributed by atoms with van der Waals surface area (Å²) in [6.45, 7) is 8.42. The Balaban J connectivity index is 1.90. The van der Waals surface area contributed by atoms with Gasteiger partial charge in [-0.15, -0.1) is 0 Å². The summed E-state index contributed by atoms with van der Waals surface area (Å²) in [4.78, 5) is 16.8. The van der Waals surface area contributed by atoms with Crippen LogP contribution >= 0.6 is 0 Å². The number of phenols is 2. The van der Waals surface area contributed by atoms with E-state index in [0.29, 0.717) is 12.6 Å². The van der Waals surface area contributed by atoms with Gasteiger partial charge in [0.2, 0.25) is 0 Å². The van der Waals surface area contributed by atoms with Crippen LogP contribution in [0.1, 0.15) is 30.6 Å². The fourth-order valence-electron chi connectivity index (χ4n) is 2.66. The number of hydrogen-bond acceptors (Lipinski definition) is 5. The minimum absolute atomic E-state index is 0.0359. The highest BCUT2D eigenvalue weighted by atomic mass is 16.3. The first-order valence-corrected chi connectivity index (χ1v) is 7.52. The summed E-state index contributed by atoms with van der Waals surface area (Å²) >= 11 is 0. The average Bonchev–Trinajstić information content (AvgIpc) is 2.47. The van der Waals surface area contributed by atoms with Crippen LogP contribution in [0.5, 0.6) is 11.5 Å². The van der Waals surface area contributed by atoms with Gasteiger partial charge in [0.25, 0.3) is 0 Å². The van der Waals surface area contributed by atoms with E-state index in [2.05, 4.69) is 23.6 Å². The summed E-state index contributed by atoms with van der Waals surface area (Å²) in [7, 11) is 0. The number of carbonyl (C=O) groups is 1. The molecule has 0 aromatic heterocycles. The van der Waals surface area contributed by atoms with Gasteiger partial charge in [0.1, 0.15) is 11.5 Å². The number of nitrogens with zero attached hydrogens (tertiary/aromatic N) is 2. The summed E-state index contributed by atoms with van der Waals surface area (Å²) in [6, 6.07) is 4.69. The van der Waals surface area contributed by atoms with Gasteiger partial charge in [0.15, 0.2) is 5.78 Å². The Labute approximate surface area is 125 Å². The number of Topliss-reactive ketones (excluding diaryl/α,β-unsaturated/α-hetero) is 1. The van der Waals surface area contributed by atoms with E-state index in [-0.39, 0.29) is 22.8 Å². The van der Waals surface area contributed by atoms with Gasteiger partial charge in [-0.3, -0.25) is 14.6 Å². The predicted molar refractivity (Wildman–Crippen MR) is 81.9 cm³/mol. The first kappa shape index (κ1) is 15.8. The van der Waals surface area contributed by atoms with Crippen LogP contribution < -0.4 is 0 Å². The standard InChI is InChI=1S/C16H24N2O3/c1-3-12(2)18-8-6-17(7-9-18)11-16(21)14-5-4-13(19)10-15(14)20/h4-5,10,12,19-20H,3,6-9,11H2,1-2H3. The minimum Gasteiger partial charge on any atom is -0.508 e. The van der Waals surface area contributed by atoms with Crippen molar-refractivity contribution in [2.24, 2.45) is 0 Å². The van der Waals surface area contributed by atoms with Crippen LogP contribution in [0.2, 0.25) is 0 Å². The number of piperazine rings is 1. The van der Waals surface area contributed by atoms with Gasteiger partial charge in [0.05, 0.1) is 12.1 Å². The molecule has 1 aliphatic heterocycles. The van der Waals surface area contributed by atoms with Gasteiger partial charge in [-0.2, -0.15) is 0 Å². The van der Waals surface area contributed by atoms with Gasteiger partial charge in [-0.05, 0) is 25.5 Å². The van der Waals surface area contributed by atoms with Crippen LogP contribution in [0, 0.1) is 0 Å². The first-order valence-electron chi connectivity index (χ1n) is 7.52. The van der Waals surface area contributed by atoms with E-state index < -0.39 is 0 Å². The molecule has 0 aliphatic carbocycles. The quantitative estimate of drug-likeness (QED) is 0.809. The van der Waals surface area contributed by atoms with Crippen molar-refractivity contribution in [1.29, 1.82) is 0 Å². The van der Waals surface area contributed by atoms with Crippen molar-refractivity contribution in [3.63, 3.8) is 0 Å². The fourth-order valence-corrected chi connectivity index (χ4v) is 2.66. The van der Waals surface area contributed by atoms with Crippen molar-refractivity contribution in [3.05, 3.63) is 23.8 Å². The lowest BCUT2D eigenvalue weighted by Crippen LogP contribution is -2.50. The van der Waals surface area contributed by atoms with E-state index in [9.17, 15) is 15.0 Å². The second kappa shape index (κ2) is 6.91. The van der Waals surface area contributed by atoms with Gasteiger partial charge < -0.3 is 10.2 Å². The number of hydrogen-bond donors (Lipinski definition) is 2. The lowest BCUT2D eigenvalue weighted by Gasteiger charge is -2.37. The molecule has 1 atom stereocenters. The molecule has 0 saturated carbocycles. The molecule has 0 amide bonds. The Morgan fingerprint density at radius 3 is 2.48 bits per heavy atom. The third-order valence-corrected chi connectivity index (χ3v) is 4.27. The fraction of sp³-hybridized carbons (Fsp3) is 0.562. The Kier molecular flexibility index (Phi) is 5.20. The van der Waals surface area contributed by atoms with Crippen LogP contribution in [0.3, 0.4) is 0 Å². The molecular weight excluding hydrogens is 268 g/mol. The van der Waals surface area contributed by atoms with Crippen molar-refractivity contribution in [3.8, 4) is 11.5 Å². The smallest absolute Gasteiger partial charge is 0.180 e. The number of rotatable bonds is 5. The zero-order valence-corrected chi connectivity index (χ0v) is 12.7. The first-order chi connectivity index (χ1) is 10.0. The molecule has 1 aromatic carbocycles. The Morgan fingerprint density at radius 1 is 1.24 bits per heavy atom. The zero-order chi connectivity index (χ0) is 15.4. The Bertz CT molecular complexity index is 496. The molecule has 2 rings (SSSR count). The van der Waals surface area contributed by atoms with Gasteiger partial charge in [-0.1, -0.05) is 6.92 Å². The normalized spacial score (nSPS) is 18.6. The molecule has 1 unspecified atom stereocenters. The second-order valence-corrected chi connectivity index (χ2v) is 5.69. The van der Waals surface area contributed by atoms with E-state index in [1.807, 2.05) is 0 Å². The summed E-state index contributed by atoms with van der Waals surface area (Å²) < 4.78 is 0. The van der Waals surface area contributed by atoms with Crippen LogP contribution in [0.25, 0.3) is 0 Å². The summed E-state index contributed by atoms with van der Waals surface area (Å²) in [5, 5.41) is 19.0.